The van der Waals surface area contributed by atoms with Crippen molar-refractivity contribution < 1.29 is 0 Å². The number of rotatable bonds is 0. The largest absolute Gasteiger partial charge is 0.0878 e. The van der Waals surface area contributed by atoms with Gasteiger partial charge in [0.2, 0.25) is 0 Å². The molecule has 0 saturated carbocycles. The quantitative estimate of drug-likeness (QED) is 0.403. The van der Waals surface area contributed by atoms with Gasteiger partial charge in [-0.1, -0.05) is 46.0 Å². The maximum Gasteiger partial charge on any atom is 0.0585 e. The zero-order valence-corrected chi connectivity index (χ0v) is 10.6. The van der Waals surface area contributed by atoms with Crippen LogP contribution < -0.4 is 0 Å². The molecule has 1 heterocycles. The molecule has 0 radical (unpaired) electrons. The van der Waals surface area contributed by atoms with E-state index >= 15 is 0 Å². The molecule has 1 heteroatoms. The topological polar surface area (TPSA) is 0 Å². The second kappa shape index (κ2) is 2.50. The third kappa shape index (κ3) is 1.24. The van der Waals surface area contributed by atoms with Crippen LogP contribution in [0.1, 0.15) is 27.2 Å². The first-order valence-corrected chi connectivity index (χ1v) is 8.67. The van der Waals surface area contributed by atoms with E-state index in [1.165, 1.54) is 6.42 Å². The molecule has 0 nitrogen and oxygen atoms in total. The molecule has 3 unspecified atom stereocenters. The van der Waals surface area contributed by atoms with Crippen LogP contribution in [0.15, 0.2) is 12.2 Å². The Bertz CT molecular complexity index is 244. The molecule has 0 spiro atoms. The first-order chi connectivity index (χ1) is 5.83. The SMILES string of the molecule is CC(C)(C)C1C2C=CC(C2)[Si]1(C)C. The lowest BCUT2D eigenvalue weighted by atomic mass is 9.84. The van der Waals surface area contributed by atoms with Crippen molar-refractivity contribution in [1.29, 1.82) is 0 Å². The molecule has 1 saturated heterocycles. The van der Waals surface area contributed by atoms with E-state index < -0.39 is 8.07 Å². The van der Waals surface area contributed by atoms with E-state index in [-0.39, 0.29) is 0 Å². The summed E-state index contributed by atoms with van der Waals surface area (Å²) in [6.07, 6.45) is 6.49. The zero-order chi connectivity index (χ0) is 9.85. The summed E-state index contributed by atoms with van der Waals surface area (Å²) in [6, 6.07) is 0. The Morgan fingerprint density at radius 1 is 1.15 bits per heavy atom. The monoisotopic (exact) mass is 194 g/mol. The lowest BCUT2D eigenvalue weighted by Crippen LogP contribution is -2.41. The van der Waals surface area contributed by atoms with E-state index in [2.05, 4.69) is 46.0 Å². The Hall–Kier alpha value is -0.0431. The number of allylic oxidation sites excluding steroid dienone is 2. The second-order valence-electron chi connectivity index (χ2n) is 6.56. The lowest BCUT2D eigenvalue weighted by molar-refractivity contribution is 0.330. The molecule has 1 aliphatic carbocycles. The lowest BCUT2D eigenvalue weighted by Gasteiger charge is -2.42. The van der Waals surface area contributed by atoms with Crippen molar-refractivity contribution in [1.82, 2.24) is 0 Å². The molecule has 1 fully saturated rings. The molecular formula is C12H22Si. The van der Waals surface area contributed by atoms with Crippen molar-refractivity contribution in [2.75, 3.05) is 0 Å². The molecule has 1 aliphatic heterocycles. The van der Waals surface area contributed by atoms with Crippen LogP contribution in [0.4, 0.5) is 0 Å². The molecule has 13 heavy (non-hydrogen) atoms. The summed E-state index contributed by atoms with van der Waals surface area (Å²) >= 11 is 0. The van der Waals surface area contributed by atoms with Gasteiger partial charge in [0.05, 0.1) is 8.07 Å². The van der Waals surface area contributed by atoms with Crippen molar-refractivity contribution in [3.8, 4) is 0 Å². The first kappa shape index (κ1) is 9.51. The highest BCUT2D eigenvalue weighted by atomic mass is 28.3. The fourth-order valence-electron chi connectivity index (χ4n) is 4.07. The number of hydrogen-bond acceptors (Lipinski definition) is 0. The first-order valence-electron chi connectivity index (χ1n) is 5.52. The molecule has 0 aromatic rings. The van der Waals surface area contributed by atoms with Crippen LogP contribution in [0.2, 0.25) is 24.2 Å². The Kier molecular flexibility index (Phi) is 1.83. The predicted molar refractivity (Wildman–Crippen MR) is 61.7 cm³/mol. The van der Waals surface area contributed by atoms with Gasteiger partial charge in [-0.05, 0) is 28.8 Å². The van der Waals surface area contributed by atoms with E-state index in [0.29, 0.717) is 5.41 Å². The second-order valence-corrected chi connectivity index (χ2v) is 11.6. The van der Waals surface area contributed by atoms with Gasteiger partial charge in [-0.2, -0.15) is 0 Å². The summed E-state index contributed by atoms with van der Waals surface area (Å²) in [6.45, 7) is 12.5. The smallest absolute Gasteiger partial charge is 0.0585 e. The van der Waals surface area contributed by atoms with Crippen molar-refractivity contribution in [3.05, 3.63) is 12.2 Å². The van der Waals surface area contributed by atoms with Crippen LogP contribution in [0, 0.1) is 11.3 Å². The van der Waals surface area contributed by atoms with Gasteiger partial charge < -0.3 is 0 Å². The average Bonchev–Trinajstić information content (AvgIpc) is 2.38. The molecule has 0 amide bonds. The fourth-order valence-corrected chi connectivity index (χ4v) is 9.60. The summed E-state index contributed by atoms with van der Waals surface area (Å²) in [5.41, 5.74) is 2.52. The summed E-state index contributed by atoms with van der Waals surface area (Å²) in [4.78, 5) is 0. The highest BCUT2D eigenvalue weighted by molar-refractivity contribution is 6.81. The van der Waals surface area contributed by atoms with Crippen LogP contribution in [0.5, 0.6) is 0 Å². The molecule has 74 valence electrons. The predicted octanol–water partition coefficient (Wildman–Crippen LogP) is 4.07. The summed E-state index contributed by atoms with van der Waals surface area (Å²) in [5, 5.41) is 0. The molecule has 3 atom stereocenters. The normalized spacial score (nSPS) is 41.5. The van der Waals surface area contributed by atoms with Gasteiger partial charge >= 0.3 is 0 Å². The Morgan fingerprint density at radius 2 is 1.77 bits per heavy atom. The maximum atomic E-state index is 2.59. The van der Waals surface area contributed by atoms with E-state index in [9.17, 15) is 0 Å². The van der Waals surface area contributed by atoms with Gasteiger partial charge in [0, 0.05) is 0 Å². The average molecular weight is 194 g/mol. The van der Waals surface area contributed by atoms with Crippen molar-refractivity contribution in [2.45, 2.75) is 51.4 Å². The van der Waals surface area contributed by atoms with E-state index in [4.69, 9.17) is 0 Å². The minimum Gasteiger partial charge on any atom is -0.0878 e. The van der Waals surface area contributed by atoms with E-state index in [1.807, 2.05) is 0 Å². The van der Waals surface area contributed by atoms with Crippen LogP contribution in [-0.4, -0.2) is 8.07 Å². The minimum absolute atomic E-state index is 0.528. The van der Waals surface area contributed by atoms with Gasteiger partial charge in [-0.25, -0.2) is 0 Å². The van der Waals surface area contributed by atoms with Crippen molar-refractivity contribution in [3.63, 3.8) is 0 Å². The molecule has 2 bridgehead atoms. The molecule has 0 aromatic carbocycles. The Labute approximate surface area is 83.4 Å². The third-order valence-electron chi connectivity index (χ3n) is 4.24. The summed E-state index contributed by atoms with van der Waals surface area (Å²) in [7, 11) is -0.971. The highest BCUT2D eigenvalue weighted by Crippen LogP contribution is 2.62. The van der Waals surface area contributed by atoms with Crippen molar-refractivity contribution in [2.24, 2.45) is 11.3 Å². The van der Waals surface area contributed by atoms with Gasteiger partial charge in [0.25, 0.3) is 0 Å². The van der Waals surface area contributed by atoms with Gasteiger partial charge in [0.1, 0.15) is 0 Å². The highest BCUT2D eigenvalue weighted by Gasteiger charge is 2.55. The zero-order valence-electron chi connectivity index (χ0n) is 9.59. The summed E-state index contributed by atoms with van der Waals surface area (Å²) < 4.78 is 0. The summed E-state index contributed by atoms with van der Waals surface area (Å²) in [5.74, 6) is 0.923. The van der Waals surface area contributed by atoms with Crippen molar-refractivity contribution >= 4 is 8.07 Å². The standard InChI is InChI=1S/C12H22Si/c1-12(2,3)11-9-6-7-10(8-9)13(11,4)5/h6-7,9-11H,8H2,1-5H3. The molecule has 0 N–H and O–H groups in total. The third-order valence-corrected chi connectivity index (χ3v) is 9.47. The van der Waals surface area contributed by atoms with Gasteiger partial charge in [-0.15, -0.1) is 0 Å². The van der Waals surface area contributed by atoms with E-state index in [1.54, 1.807) is 0 Å². The van der Waals surface area contributed by atoms with Crippen LogP contribution in [-0.2, 0) is 0 Å². The minimum atomic E-state index is -0.971. The Balaban J connectivity index is 2.35. The Morgan fingerprint density at radius 3 is 2.08 bits per heavy atom. The molecule has 2 aliphatic rings. The number of fused-ring (bicyclic) bond motifs is 2. The molecule has 2 rings (SSSR count). The van der Waals surface area contributed by atoms with E-state index in [0.717, 1.165) is 17.0 Å². The van der Waals surface area contributed by atoms with Crippen LogP contribution >= 0.6 is 0 Å². The van der Waals surface area contributed by atoms with Gasteiger partial charge in [-0.3, -0.25) is 0 Å². The fraction of sp³-hybridized carbons (Fsp3) is 0.833. The van der Waals surface area contributed by atoms with Crippen LogP contribution in [0.3, 0.4) is 0 Å². The number of hydrogen-bond donors (Lipinski definition) is 0. The van der Waals surface area contributed by atoms with Gasteiger partial charge in [0.15, 0.2) is 0 Å². The molecular weight excluding hydrogens is 172 g/mol. The maximum absolute atomic E-state index is 2.59. The van der Waals surface area contributed by atoms with Crippen LogP contribution in [0.25, 0.3) is 0 Å². The molecule has 0 aromatic heterocycles.